The molecule has 5 nitrogen and oxygen atoms in total. The van der Waals surface area contributed by atoms with Gasteiger partial charge in [0, 0.05) is 0 Å². The van der Waals surface area contributed by atoms with Gasteiger partial charge in [-0.15, -0.1) is 0 Å². The van der Waals surface area contributed by atoms with E-state index in [1.165, 1.54) is 70.6 Å². The highest BCUT2D eigenvalue weighted by Crippen LogP contribution is 2.44. The lowest BCUT2D eigenvalue weighted by molar-refractivity contribution is -0.00620. The summed E-state index contributed by atoms with van der Waals surface area (Å²) in [5.41, 5.74) is 0.940. The van der Waals surface area contributed by atoms with Crippen LogP contribution in [0.4, 0.5) is 0 Å². The summed E-state index contributed by atoms with van der Waals surface area (Å²) in [7, 11) is 0. The van der Waals surface area contributed by atoms with Gasteiger partial charge in [0.05, 0.1) is 17.7 Å². The van der Waals surface area contributed by atoms with Gasteiger partial charge in [0.15, 0.2) is 0 Å². The number of ether oxygens (including phenoxy) is 3. The van der Waals surface area contributed by atoms with Crippen molar-refractivity contribution < 1.29 is 23.8 Å². The van der Waals surface area contributed by atoms with E-state index in [9.17, 15) is 9.59 Å². The molecule has 4 atom stereocenters. The molecule has 2 aromatic rings. The number of carbonyl (C=O) groups is 2. The lowest BCUT2D eigenvalue weighted by atomic mass is 9.66. The fourth-order valence-electron chi connectivity index (χ4n) is 6.52. The van der Waals surface area contributed by atoms with Crippen LogP contribution in [-0.2, 0) is 4.74 Å². The van der Waals surface area contributed by atoms with Gasteiger partial charge in [0.2, 0.25) is 0 Å². The van der Waals surface area contributed by atoms with Gasteiger partial charge < -0.3 is 14.2 Å². The molecule has 2 aliphatic rings. The van der Waals surface area contributed by atoms with Crippen LogP contribution in [0.1, 0.15) is 124 Å². The number of carbonyl (C=O) groups excluding carboxylic acids is 2. The van der Waals surface area contributed by atoms with Crippen molar-refractivity contribution >= 4 is 11.9 Å². The summed E-state index contributed by atoms with van der Waals surface area (Å²) < 4.78 is 17.2. The zero-order chi connectivity index (χ0) is 28.2. The Hall–Kier alpha value is -2.82. The summed E-state index contributed by atoms with van der Waals surface area (Å²) in [6, 6.07) is 13.7. The molecule has 4 rings (SSSR count). The first-order valence-electron chi connectivity index (χ1n) is 15.8. The van der Waals surface area contributed by atoms with Crippen LogP contribution in [0.3, 0.4) is 0 Å². The number of esters is 2. The average molecular weight is 549 g/mol. The molecule has 0 aromatic heterocycles. The van der Waals surface area contributed by atoms with Gasteiger partial charge >= 0.3 is 11.9 Å². The minimum absolute atomic E-state index is 0.00623. The molecule has 0 radical (unpaired) electrons. The highest BCUT2D eigenvalue weighted by Gasteiger charge is 2.36. The molecule has 4 unspecified atom stereocenters. The Balaban J connectivity index is 1.18. The van der Waals surface area contributed by atoms with Gasteiger partial charge in [-0.3, -0.25) is 0 Å². The van der Waals surface area contributed by atoms with Crippen LogP contribution in [-0.4, -0.2) is 24.6 Å². The van der Waals surface area contributed by atoms with E-state index in [4.69, 9.17) is 14.2 Å². The molecule has 2 fully saturated rings. The molecular formula is C35H48O5. The second kappa shape index (κ2) is 15.8. The number of hydrogen-bond donors (Lipinski definition) is 0. The van der Waals surface area contributed by atoms with Gasteiger partial charge in [-0.05, 0) is 105 Å². The number of rotatable bonds is 14. The zero-order valence-corrected chi connectivity index (χ0v) is 24.6. The smallest absolute Gasteiger partial charge is 0.343 e. The molecule has 2 aromatic carbocycles. The third-order valence-corrected chi connectivity index (χ3v) is 8.80. The maximum absolute atomic E-state index is 12.8. The second-order valence-corrected chi connectivity index (χ2v) is 11.9. The van der Waals surface area contributed by atoms with Crippen LogP contribution in [0.5, 0.6) is 11.5 Å². The summed E-state index contributed by atoms with van der Waals surface area (Å²) >= 11 is 0. The van der Waals surface area contributed by atoms with Crippen LogP contribution in [0.25, 0.3) is 0 Å². The fourth-order valence-corrected chi connectivity index (χ4v) is 6.52. The Morgan fingerprint density at radius 3 is 2.02 bits per heavy atom. The molecule has 2 saturated carbocycles. The Morgan fingerprint density at radius 1 is 0.675 bits per heavy atom. The number of unbranched alkanes of at least 4 members (excludes halogenated alkanes) is 5. The molecule has 0 spiro atoms. The van der Waals surface area contributed by atoms with E-state index >= 15 is 0 Å². The molecule has 0 aliphatic heterocycles. The van der Waals surface area contributed by atoms with Gasteiger partial charge in [-0.2, -0.15) is 0 Å². The monoisotopic (exact) mass is 548 g/mol. The Labute approximate surface area is 241 Å². The highest BCUT2D eigenvalue weighted by atomic mass is 16.5. The topological polar surface area (TPSA) is 61.8 Å². The van der Waals surface area contributed by atoms with Crippen molar-refractivity contribution in [3.8, 4) is 11.5 Å². The maximum atomic E-state index is 12.8. The van der Waals surface area contributed by atoms with Crippen molar-refractivity contribution in [3.05, 3.63) is 59.7 Å². The molecule has 5 heteroatoms. The van der Waals surface area contributed by atoms with E-state index in [0.717, 1.165) is 36.8 Å². The third kappa shape index (κ3) is 9.11. The van der Waals surface area contributed by atoms with E-state index in [-0.39, 0.29) is 12.1 Å². The maximum Gasteiger partial charge on any atom is 0.343 e. The van der Waals surface area contributed by atoms with E-state index in [2.05, 4.69) is 13.8 Å². The summed E-state index contributed by atoms with van der Waals surface area (Å²) in [5.74, 6) is 2.82. The molecule has 40 heavy (non-hydrogen) atoms. The van der Waals surface area contributed by atoms with Crippen molar-refractivity contribution in [1.82, 2.24) is 0 Å². The Morgan fingerprint density at radius 2 is 1.30 bits per heavy atom. The van der Waals surface area contributed by atoms with Crippen LogP contribution < -0.4 is 9.47 Å². The first-order chi connectivity index (χ1) is 19.6. The molecule has 0 heterocycles. The number of benzene rings is 2. The fraction of sp³-hybridized carbons (Fsp3) is 0.600. The molecule has 2 aliphatic carbocycles. The molecule has 0 N–H and O–H groups in total. The molecular weight excluding hydrogens is 500 g/mol. The van der Waals surface area contributed by atoms with E-state index in [0.29, 0.717) is 29.4 Å². The predicted molar refractivity (Wildman–Crippen MR) is 159 cm³/mol. The van der Waals surface area contributed by atoms with Crippen molar-refractivity contribution in [2.75, 3.05) is 6.61 Å². The van der Waals surface area contributed by atoms with Crippen molar-refractivity contribution in [2.24, 2.45) is 17.8 Å². The lowest BCUT2D eigenvalue weighted by Crippen LogP contribution is -2.35. The number of hydrogen-bond acceptors (Lipinski definition) is 5. The first kappa shape index (κ1) is 30.1. The van der Waals surface area contributed by atoms with Gasteiger partial charge in [0.1, 0.15) is 17.6 Å². The summed E-state index contributed by atoms with van der Waals surface area (Å²) in [5, 5.41) is 0. The lowest BCUT2D eigenvalue weighted by Gasteiger charge is -2.41. The van der Waals surface area contributed by atoms with Gasteiger partial charge in [-0.25, -0.2) is 9.59 Å². The average Bonchev–Trinajstić information content (AvgIpc) is 2.97. The summed E-state index contributed by atoms with van der Waals surface area (Å²) in [6.45, 7) is 5.19. The quantitative estimate of drug-likeness (QED) is 0.134. The normalized spacial score (nSPS) is 22.2. The molecule has 218 valence electrons. The second-order valence-electron chi connectivity index (χ2n) is 11.9. The van der Waals surface area contributed by atoms with Crippen molar-refractivity contribution in [3.63, 3.8) is 0 Å². The SMILES string of the molecule is CCCCCCCCOc1ccc(C(=O)Oc2ccc(C(=O)OC3CCC4CC(CCC)CCC4C3)cc2)cc1. The largest absolute Gasteiger partial charge is 0.494 e. The Kier molecular flexibility index (Phi) is 11.9. The molecule has 0 amide bonds. The van der Waals surface area contributed by atoms with E-state index < -0.39 is 5.97 Å². The van der Waals surface area contributed by atoms with E-state index in [1.807, 2.05) is 0 Å². The summed E-state index contributed by atoms with van der Waals surface area (Å²) in [4.78, 5) is 25.4. The standard InChI is InChI=1S/C35H48O5/c1-3-5-6-7-8-9-23-38-31-18-13-27(14-19-31)34(36)39-32-20-15-28(16-21-32)35(37)40-33-22-17-29-24-26(10-4-2)11-12-30(29)25-33/h13-16,18-21,26,29-30,33H,3-12,17,22-25H2,1-2H3. The van der Waals surface area contributed by atoms with Crippen molar-refractivity contribution in [1.29, 1.82) is 0 Å². The minimum atomic E-state index is -0.441. The van der Waals surface area contributed by atoms with Crippen molar-refractivity contribution in [2.45, 2.75) is 110 Å². The molecule has 0 saturated heterocycles. The number of fused-ring (bicyclic) bond motifs is 1. The van der Waals surface area contributed by atoms with Crippen LogP contribution >= 0.6 is 0 Å². The Bertz CT molecular complexity index is 1040. The zero-order valence-electron chi connectivity index (χ0n) is 24.6. The van der Waals surface area contributed by atoms with Crippen LogP contribution in [0.15, 0.2) is 48.5 Å². The minimum Gasteiger partial charge on any atom is -0.494 e. The first-order valence-corrected chi connectivity index (χ1v) is 15.8. The highest BCUT2D eigenvalue weighted by molar-refractivity contribution is 5.92. The summed E-state index contributed by atoms with van der Waals surface area (Å²) in [6.07, 6.45) is 17.1. The van der Waals surface area contributed by atoms with E-state index in [1.54, 1.807) is 48.5 Å². The molecule has 0 bridgehead atoms. The predicted octanol–water partition coefficient (Wildman–Crippen LogP) is 9.19. The van der Waals surface area contributed by atoms with Gasteiger partial charge in [0.25, 0.3) is 0 Å². The van der Waals surface area contributed by atoms with Crippen LogP contribution in [0, 0.1) is 17.8 Å². The van der Waals surface area contributed by atoms with Gasteiger partial charge in [-0.1, -0.05) is 65.2 Å². The third-order valence-electron chi connectivity index (χ3n) is 8.80. The van der Waals surface area contributed by atoms with Crippen LogP contribution in [0.2, 0.25) is 0 Å².